The minimum Gasteiger partial charge on any atom is -0.372 e. The maximum atomic E-state index is 12.6. The van der Waals surface area contributed by atoms with Gasteiger partial charge >= 0.3 is 6.03 Å². The fourth-order valence-corrected chi connectivity index (χ4v) is 4.06. The van der Waals surface area contributed by atoms with Gasteiger partial charge in [0.05, 0.1) is 0 Å². The van der Waals surface area contributed by atoms with Crippen molar-refractivity contribution in [2.24, 2.45) is 0 Å². The van der Waals surface area contributed by atoms with Crippen LogP contribution in [-0.4, -0.2) is 55.1 Å². The van der Waals surface area contributed by atoms with Crippen LogP contribution in [0, 0.1) is 0 Å². The number of hydrogen-bond acceptors (Lipinski definition) is 3. The first-order valence-electron chi connectivity index (χ1n) is 10.5. The Morgan fingerprint density at radius 2 is 1.46 bits per heavy atom. The maximum Gasteiger partial charge on any atom is 0.321 e. The standard InChI is InChI=1S/C23H30N4O/c28-23(24-21-9-11-22(12-10-21)26-13-5-2-6-14-26)27-17-15-25(16-18-27)19-20-7-3-1-4-8-20/h1,3-4,7-12H,2,5-6,13-19H2,(H,24,28). The van der Waals surface area contributed by atoms with Crippen LogP contribution in [0.2, 0.25) is 0 Å². The van der Waals surface area contributed by atoms with Gasteiger partial charge in [-0.05, 0) is 49.1 Å². The molecule has 28 heavy (non-hydrogen) atoms. The Morgan fingerprint density at radius 3 is 2.14 bits per heavy atom. The van der Waals surface area contributed by atoms with E-state index >= 15 is 0 Å². The summed E-state index contributed by atoms with van der Waals surface area (Å²) >= 11 is 0. The average molecular weight is 379 g/mol. The highest BCUT2D eigenvalue weighted by molar-refractivity contribution is 5.89. The SMILES string of the molecule is O=C(Nc1ccc(N2CCCCC2)cc1)N1CCN(Cc2ccccc2)CC1. The molecule has 5 nitrogen and oxygen atoms in total. The Kier molecular flexibility index (Phi) is 6.12. The molecular weight excluding hydrogens is 348 g/mol. The van der Waals surface area contributed by atoms with E-state index in [0.29, 0.717) is 0 Å². The lowest BCUT2D eigenvalue weighted by Gasteiger charge is -2.34. The quantitative estimate of drug-likeness (QED) is 0.873. The molecule has 2 amide bonds. The third-order valence-corrected chi connectivity index (χ3v) is 5.75. The second kappa shape index (κ2) is 9.11. The summed E-state index contributed by atoms with van der Waals surface area (Å²) in [7, 11) is 0. The van der Waals surface area contributed by atoms with Crippen molar-refractivity contribution in [1.29, 1.82) is 0 Å². The van der Waals surface area contributed by atoms with Crippen molar-refractivity contribution in [1.82, 2.24) is 9.80 Å². The molecule has 0 atom stereocenters. The molecule has 2 heterocycles. The Morgan fingerprint density at radius 1 is 0.786 bits per heavy atom. The first-order valence-corrected chi connectivity index (χ1v) is 10.5. The maximum absolute atomic E-state index is 12.6. The number of anilines is 2. The van der Waals surface area contributed by atoms with Crippen molar-refractivity contribution in [2.75, 3.05) is 49.5 Å². The minimum absolute atomic E-state index is 0.00471. The van der Waals surface area contributed by atoms with Gasteiger partial charge in [-0.25, -0.2) is 4.79 Å². The summed E-state index contributed by atoms with van der Waals surface area (Å²) in [5.74, 6) is 0. The molecule has 0 bridgehead atoms. The van der Waals surface area contributed by atoms with E-state index in [4.69, 9.17) is 0 Å². The fraction of sp³-hybridized carbons (Fsp3) is 0.435. The van der Waals surface area contributed by atoms with Crippen molar-refractivity contribution in [3.8, 4) is 0 Å². The van der Waals surface area contributed by atoms with Crippen LogP contribution in [-0.2, 0) is 6.54 Å². The van der Waals surface area contributed by atoms with Gasteiger partial charge in [0.25, 0.3) is 0 Å². The zero-order chi connectivity index (χ0) is 19.2. The highest BCUT2D eigenvalue weighted by Gasteiger charge is 2.21. The molecule has 2 aliphatic rings. The van der Waals surface area contributed by atoms with Crippen LogP contribution in [0.5, 0.6) is 0 Å². The molecule has 0 spiro atoms. The predicted molar refractivity (Wildman–Crippen MR) is 115 cm³/mol. The zero-order valence-corrected chi connectivity index (χ0v) is 16.5. The van der Waals surface area contributed by atoms with Gasteiger partial charge in [0.2, 0.25) is 0 Å². The molecule has 0 unspecified atom stereocenters. The first-order chi connectivity index (χ1) is 13.8. The Balaban J connectivity index is 1.25. The molecule has 0 radical (unpaired) electrons. The van der Waals surface area contributed by atoms with Crippen molar-refractivity contribution < 1.29 is 4.79 Å². The topological polar surface area (TPSA) is 38.8 Å². The van der Waals surface area contributed by atoms with Gasteiger partial charge < -0.3 is 15.1 Å². The van der Waals surface area contributed by atoms with Crippen LogP contribution in [0.25, 0.3) is 0 Å². The summed E-state index contributed by atoms with van der Waals surface area (Å²) in [4.78, 5) is 19.4. The second-order valence-electron chi connectivity index (χ2n) is 7.77. The average Bonchev–Trinajstić information content (AvgIpc) is 2.76. The molecule has 2 fully saturated rings. The number of rotatable bonds is 4. The van der Waals surface area contributed by atoms with Gasteiger partial charge in [-0.2, -0.15) is 0 Å². The number of amides is 2. The van der Waals surface area contributed by atoms with E-state index < -0.39 is 0 Å². The van der Waals surface area contributed by atoms with Crippen LogP contribution in [0.1, 0.15) is 24.8 Å². The summed E-state index contributed by atoms with van der Waals surface area (Å²) in [6.45, 7) is 6.59. The van der Waals surface area contributed by atoms with Gasteiger partial charge in [-0.15, -0.1) is 0 Å². The number of carbonyl (C=O) groups excluding carboxylic acids is 1. The van der Waals surface area contributed by atoms with Crippen molar-refractivity contribution in [3.63, 3.8) is 0 Å². The van der Waals surface area contributed by atoms with E-state index in [1.54, 1.807) is 0 Å². The van der Waals surface area contributed by atoms with E-state index in [9.17, 15) is 4.79 Å². The number of piperidine rings is 1. The number of piperazine rings is 1. The Hall–Kier alpha value is -2.53. The van der Waals surface area contributed by atoms with Gasteiger partial charge in [0, 0.05) is 57.2 Å². The predicted octanol–water partition coefficient (Wildman–Crippen LogP) is 4.03. The highest BCUT2D eigenvalue weighted by Crippen LogP contribution is 2.22. The summed E-state index contributed by atoms with van der Waals surface area (Å²) in [6, 6.07) is 18.8. The third-order valence-electron chi connectivity index (χ3n) is 5.75. The molecule has 2 aromatic rings. The first kappa shape index (κ1) is 18.8. The summed E-state index contributed by atoms with van der Waals surface area (Å²) < 4.78 is 0. The van der Waals surface area contributed by atoms with Crippen LogP contribution < -0.4 is 10.2 Å². The number of carbonyl (C=O) groups is 1. The summed E-state index contributed by atoms with van der Waals surface area (Å²) in [5, 5.41) is 3.06. The van der Waals surface area contributed by atoms with Crippen molar-refractivity contribution >= 4 is 17.4 Å². The van der Waals surface area contributed by atoms with E-state index in [1.807, 2.05) is 23.1 Å². The fourth-order valence-electron chi connectivity index (χ4n) is 4.06. The van der Waals surface area contributed by atoms with Crippen molar-refractivity contribution in [3.05, 3.63) is 60.2 Å². The minimum atomic E-state index is 0.00471. The lowest BCUT2D eigenvalue weighted by atomic mass is 10.1. The molecular formula is C23H30N4O. The number of hydrogen-bond donors (Lipinski definition) is 1. The molecule has 5 heteroatoms. The molecule has 2 aliphatic heterocycles. The molecule has 148 valence electrons. The number of urea groups is 1. The van der Waals surface area contributed by atoms with Gasteiger partial charge in [-0.3, -0.25) is 4.90 Å². The van der Waals surface area contributed by atoms with Crippen LogP contribution in [0.4, 0.5) is 16.2 Å². The zero-order valence-electron chi connectivity index (χ0n) is 16.5. The molecule has 0 saturated carbocycles. The summed E-state index contributed by atoms with van der Waals surface area (Å²) in [6.07, 6.45) is 3.88. The lowest BCUT2D eigenvalue weighted by Crippen LogP contribution is -2.49. The van der Waals surface area contributed by atoms with E-state index in [2.05, 4.69) is 51.5 Å². The second-order valence-corrected chi connectivity index (χ2v) is 7.77. The van der Waals surface area contributed by atoms with Crippen LogP contribution in [0.3, 0.4) is 0 Å². The van der Waals surface area contributed by atoms with Gasteiger partial charge in [-0.1, -0.05) is 30.3 Å². The monoisotopic (exact) mass is 378 g/mol. The Bertz CT molecular complexity index is 748. The molecule has 2 aromatic carbocycles. The normalized spacial score (nSPS) is 18.1. The van der Waals surface area contributed by atoms with Gasteiger partial charge in [0.1, 0.15) is 0 Å². The molecule has 1 N–H and O–H groups in total. The largest absolute Gasteiger partial charge is 0.372 e. The highest BCUT2D eigenvalue weighted by atomic mass is 16.2. The van der Waals surface area contributed by atoms with E-state index in [1.165, 1.54) is 30.5 Å². The molecule has 0 aromatic heterocycles. The van der Waals surface area contributed by atoms with Crippen LogP contribution >= 0.6 is 0 Å². The van der Waals surface area contributed by atoms with Gasteiger partial charge in [0.15, 0.2) is 0 Å². The molecule has 0 aliphatic carbocycles. The number of benzene rings is 2. The lowest BCUT2D eigenvalue weighted by molar-refractivity contribution is 0.143. The Labute approximate surface area is 167 Å². The van der Waals surface area contributed by atoms with E-state index in [-0.39, 0.29) is 6.03 Å². The summed E-state index contributed by atoms with van der Waals surface area (Å²) in [5.41, 5.74) is 3.46. The smallest absolute Gasteiger partial charge is 0.321 e. The third kappa shape index (κ3) is 4.84. The van der Waals surface area contributed by atoms with E-state index in [0.717, 1.165) is 51.5 Å². The number of nitrogens with zero attached hydrogens (tertiary/aromatic N) is 3. The van der Waals surface area contributed by atoms with Crippen molar-refractivity contribution in [2.45, 2.75) is 25.8 Å². The van der Waals surface area contributed by atoms with Crippen LogP contribution in [0.15, 0.2) is 54.6 Å². The molecule has 4 rings (SSSR count). The molecule has 2 saturated heterocycles. The number of nitrogens with one attached hydrogen (secondary N) is 1.